The number of ether oxygens (including phenoxy) is 3. The highest BCUT2D eigenvalue weighted by atomic mass is 127. The van der Waals surface area contributed by atoms with E-state index < -0.39 is 0 Å². The molecule has 0 aromatic heterocycles. The molecule has 0 spiro atoms. The van der Waals surface area contributed by atoms with Gasteiger partial charge in [-0.15, -0.1) is 0 Å². The lowest BCUT2D eigenvalue weighted by Crippen LogP contribution is -1.93. The van der Waals surface area contributed by atoms with Crippen LogP contribution in [0.5, 0.6) is 17.2 Å². The molecule has 0 saturated carbocycles. The Bertz CT molecular complexity index is 888. The summed E-state index contributed by atoms with van der Waals surface area (Å²) in [5.41, 5.74) is 4.45. The summed E-state index contributed by atoms with van der Waals surface area (Å²) in [4.78, 5) is 0. The first-order valence-electron chi connectivity index (χ1n) is 7.51. The van der Waals surface area contributed by atoms with E-state index in [4.69, 9.17) is 14.2 Å². The zero-order valence-electron chi connectivity index (χ0n) is 13.0. The van der Waals surface area contributed by atoms with Gasteiger partial charge in [0.05, 0.1) is 7.11 Å². The van der Waals surface area contributed by atoms with Gasteiger partial charge in [-0.25, -0.2) is 0 Å². The standard InChI is InChI=1S/C20H14IO3/c1-22-15-8-5-13(6-9-15)16-3-2-4-17(20(16)21)14-7-10-18-19(11-14)24-12-23-18/h2,4-11H,12H2,1H3. The predicted octanol–water partition coefficient (Wildman–Crippen LogP) is 5.16. The minimum Gasteiger partial charge on any atom is -0.497 e. The fourth-order valence-electron chi connectivity index (χ4n) is 2.73. The molecule has 1 heterocycles. The lowest BCUT2D eigenvalue weighted by Gasteiger charge is -2.11. The minimum absolute atomic E-state index is 0.287. The molecule has 4 rings (SSSR count). The first-order chi connectivity index (χ1) is 11.8. The number of halogens is 1. The molecule has 1 aliphatic heterocycles. The molecule has 0 unspecified atom stereocenters. The number of benzene rings is 3. The van der Waals surface area contributed by atoms with E-state index >= 15 is 0 Å². The second-order valence-corrected chi connectivity index (χ2v) is 6.46. The zero-order chi connectivity index (χ0) is 16.5. The molecule has 0 N–H and O–H groups in total. The fraction of sp³-hybridized carbons (Fsp3) is 0.100. The van der Waals surface area contributed by atoms with Gasteiger partial charge in [0.25, 0.3) is 0 Å². The van der Waals surface area contributed by atoms with Gasteiger partial charge in [0.1, 0.15) is 5.75 Å². The Kier molecular flexibility index (Phi) is 4.06. The van der Waals surface area contributed by atoms with Crippen LogP contribution in [0, 0.1) is 9.64 Å². The number of methoxy groups -OCH3 is 1. The molecule has 119 valence electrons. The molecule has 3 aromatic rings. The highest BCUT2D eigenvalue weighted by Gasteiger charge is 2.16. The predicted molar refractivity (Wildman–Crippen MR) is 102 cm³/mol. The molecule has 1 aliphatic rings. The van der Waals surface area contributed by atoms with Gasteiger partial charge in [0.15, 0.2) is 11.5 Å². The van der Waals surface area contributed by atoms with E-state index in [2.05, 4.69) is 52.9 Å². The van der Waals surface area contributed by atoms with Crippen LogP contribution in [0.2, 0.25) is 0 Å². The summed E-state index contributed by atoms with van der Waals surface area (Å²) in [6, 6.07) is 21.5. The van der Waals surface area contributed by atoms with Crippen molar-refractivity contribution in [3.05, 3.63) is 64.2 Å². The van der Waals surface area contributed by atoms with Crippen molar-refractivity contribution < 1.29 is 14.2 Å². The molecule has 3 nitrogen and oxygen atoms in total. The van der Waals surface area contributed by atoms with E-state index in [0.29, 0.717) is 0 Å². The van der Waals surface area contributed by atoms with Gasteiger partial charge in [-0.2, -0.15) is 0 Å². The Morgan fingerprint density at radius 3 is 2.50 bits per heavy atom. The van der Waals surface area contributed by atoms with E-state index in [-0.39, 0.29) is 6.79 Å². The van der Waals surface area contributed by atoms with Crippen LogP contribution in [0.3, 0.4) is 0 Å². The van der Waals surface area contributed by atoms with Crippen LogP contribution < -0.4 is 14.2 Å². The van der Waals surface area contributed by atoms with Crippen molar-refractivity contribution in [2.45, 2.75) is 0 Å². The van der Waals surface area contributed by atoms with Crippen LogP contribution >= 0.6 is 22.6 Å². The van der Waals surface area contributed by atoms with Gasteiger partial charge >= 0.3 is 0 Å². The minimum atomic E-state index is 0.287. The van der Waals surface area contributed by atoms with E-state index in [1.165, 1.54) is 0 Å². The Hall–Kier alpha value is -2.21. The largest absolute Gasteiger partial charge is 0.497 e. The van der Waals surface area contributed by atoms with Gasteiger partial charge in [-0.1, -0.05) is 30.3 Å². The summed E-state index contributed by atoms with van der Waals surface area (Å²) in [7, 11) is 1.67. The molecule has 24 heavy (non-hydrogen) atoms. The summed E-state index contributed by atoms with van der Waals surface area (Å²) < 4.78 is 17.3. The fourth-order valence-corrected chi connectivity index (χ4v) is 3.69. The van der Waals surface area contributed by atoms with Crippen molar-refractivity contribution in [1.29, 1.82) is 0 Å². The summed E-state index contributed by atoms with van der Waals surface area (Å²) in [6.07, 6.45) is 0. The molecule has 1 radical (unpaired) electrons. The average molecular weight is 429 g/mol. The van der Waals surface area contributed by atoms with E-state index in [9.17, 15) is 0 Å². The molecule has 0 saturated heterocycles. The Labute approximate surface area is 154 Å². The average Bonchev–Trinajstić information content (AvgIpc) is 3.10. The summed E-state index contributed by atoms with van der Waals surface area (Å²) in [6.45, 7) is 0.287. The van der Waals surface area contributed by atoms with E-state index in [1.54, 1.807) is 7.11 Å². The van der Waals surface area contributed by atoms with Crippen molar-refractivity contribution in [3.63, 3.8) is 0 Å². The first-order valence-corrected chi connectivity index (χ1v) is 8.59. The molecule has 0 atom stereocenters. The number of hydrogen-bond acceptors (Lipinski definition) is 3. The highest BCUT2D eigenvalue weighted by molar-refractivity contribution is 14.1. The van der Waals surface area contributed by atoms with Crippen molar-refractivity contribution in [1.82, 2.24) is 0 Å². The van der Waals surface area contributed by atoms with Crippen LogP contribution in [0.4, 0.5) is 0 Å². The van der Waals surface area contributed by atoms with Crippen molar-refractivity contribution in [3.8, 4) is 39.5 Å². The number of fused-ring (bicyclic) bond motifs is 1. The van der Waals surface area contributed by atoms with Gasteiger partial charge in [-0.3, -0.25) is 0 Å². The summed E-state index contributed by atoms with van der Waals surface area (Å²) in [5, 5.41) is 0. The molecule has 0 fully saturated rings. The Balaban J connectivity index is 1.77. The van der Waals surface area contributed by atoms with E-state index in [1.807, 2.05) is 30.3 Å². The van der Waals surface area contributed by atoms with Crippen LogP contribution in [0.25, 0.3) is 22.3 Å². The van der Waals surface area contributed by atoms with Crippen molar-refractivity contribution in [2.24, 2.45) is 0 Å². The summed E-state index contributed by atoms with van der Waals surface area (Å²) in [5.74, 6) is 2.44. The molecular weight excluding hydrogens is 415 g/mol. The van der Waals surface area contributed by atoms with E-state index in [0.717, 1.165) is 43.1 Å². The monoisotopic (exact) mass is 429 g/mol. The second kappa shape index (κ2) is 6.36. The van der Waals surface area contributed by atoms with Gasteiger partial charge in [0.2, 0.25) is 6.79 Å². The molecule has 3 aromatic carbocycles. The lowest BCUT2D eigenvalue weighted by molar-refractivity contribution is 0.174. The maximum Gasteiger partial charge on any atom is 0.231 e. The first kappa shape index (κ1) is 15.3. The number of rotatable bonds is 3. The molecule has 0 amide bonds. The second-order valence-electron chi connectivity index (χ2n) is 5.38. The molecule has 4 heteroatoms. The third-order valence-corrected chi connectivity index (χ3v) is 5.12. The quantitative estimate of drug-likeness (QED) is 0.539. The van der Waals surface area contributed by atoms with Crippen LogP contribution in [-0.2, 0) is 0 Å². The SMILES string of the molecule is COc1ccc(-c2[c]ccc(-c3ccc4c(c3)OCO4)c2I)cc1. The smallest absolute Gasteiger partial charge is 0.231 e. The highest BCUT2D eigenvalue weighted by Crippen LogP contribution is 2.39. The Morgan fingerprint density at radius 1 is 0.958 bits per heavy atom. The maximum atomic E-state index is 5.49. The maximum absolute atomic E-state index is 5.49. The third-order valence-electron chi connectivity index (χ3n) is 4.00. The van der Waals surface area contributed by atoms with Crippen molar-refractivity contribution in [2.75, 3.05) is 13.9 Å². The van der Waals surface area contributed by atoms with Gasteiger partial charge < -0.3 is 14.2 Å². The number of hydrogen-bond donors (Lipinski definition) is 0. The topological polar surface area (TPSA) is 27.7 Å². The van der Waals surface area contributed by atoms with Crippen LogP contribution in [0.1, 0.15) is 0 Å². The molecular formula is C20H14IO3. The van der Waals surface area contributed by atoms with Crippen LogP contribution in [0.15, 0.2) is 54.6 Å². The van der Waals surface area contributed by atoms with Crippen molar-refractivity contribution >= 4 is 22.6 Å². The normalized spacial score (nSPS) is 12.2. The Morgan fingerprint density at radius 2 is 1.71 bits per heavy atom. The molecule has 0 bridgehead atoms. The van der Waals surface area contributed by atoms with Gasteiger partial charge in [0, 0.05) is 9.13 Å². The third kappa shape index (κ3) is 2.71. The molecule has 0 aliphatic carbocycles. The summed E-state index contributed by atoms with van der Waals surface area (Å²) >= 11 is 2.38. The zero-order valence-corrected chi connectivity index (χ0v) is 15.2. The lowest BCUT2D eigenvalue weighted by atomic mass is 9.99. The van der Waals surface area contributed by atoms with Gasteiger partial charge in [-0.05, 0) is 69.6 Å². The van der Waals surface area contributed by atoms with Crippen LogP contribution in [-0.4, -0.2) is 13.9 Å².